The van der Waals surface area contributed by atoms with Crippen molar-refractivity contribution < 1.29 is 117 Å². The van der Waals surface area contributed by atoms with Crippen LogP contribution < -0.4 is 20.6 Å². The van der Waals surface area contributed by atoms with E-state index < -0.39 is 199 Å². The highest BCUT2D eigenvalue weighted by Gasteiger charge is 2.42. The van der Waals surface area contributed by atoms with Crippen LogP contribution in [0.15, 0.2) is 41.3 Å². The molecule has 10 aromatic rings. The third-order valence-corrected chi connectivity index (χ3v) is 15.3. The molecule has 1 aliphatic rings. The smallest absolute Gasteiger partial charge is 0.208 e. The van der Waals surface area contributed by atoms with Crippen molar-refractivity contribution in [1.82, 2.24) is 4.57 Å². The lowest BCUT2D eigenvalue weighted by molar-refractivity contribution is 0.329. The number of phenolic OH excluding ortho intramolecular Hbond substituents is 22. The lowest BCUT2D eigenvalue weighted by Gasteiger charge is -2.35. The van der Waals surface area contributed by atoms with Crippen LogP contribution in [0.3, 0.4) is 0 Å². The summed E-state index contributed by atoms with van der Waals surface area (Å²) in [7, 11) is 12.3. The number of anilines is 3. The van der Waals surface area contributed by atoms with Gasteiger partial charge < -0.3 is 122 Å². The molecule has 1 aliphatic heterocycles. The number of benzene rings is 9. The Bertz CT molecular complexity index is 4660. The van der Waals surface area contributed by atoms with Gasteiger partial charge in [0, 0.05) is 44.3 Å². The molecule has 0 saturated heterocycles. The Morgan fingerprint density at radius 1 is 0.373 bits per heavy atom. The maximum absolute atomic E-state index is 13.4. The van der Waals surface area contributed by atoms with Gasteiger partial charge in [0.15, 0.2) is 80.5 Å². The number of nitrogens with zero attached hydrogens (tertiary/aromatic N) is 2. The summed E-state index contributed by atoms with van der Waals surface area (Å²) in [5, 5.41) is 249. The second-order valence-corrected chi connectivity index (χ2v) is 19.8. The van der Waals surface area contributed by atoms with E-state index in [0.29, 0.717) is 17.0 Å². The van der Waals surface area contributed by atoms with Crippen LogP contribution in [-0.2, 0) is 0 Å². The van der Waals surface area contributed by atoms with Crippen molar-refractivity contribution in [3.05, 3.63) is 53.1 Å². The molecule has 0 unspecified atom stereocenters. The van der Waals surface area contributed by atoms with Crippen LogP contribution in [0.1, 0.15) is 16.7 Å². The Hall–Kier alpha value is -11.3. The van der Waals surface area contributed by atoms with E-state index >= 15 is 0 Å². The van der Waals surface area contributed by atoms with E-state index in [1.165, 1.54) is 26.8 Å². The molecule has 0 fully saturated rings. The van der Waals surface area contributed by atoms with E-state index in [1.807, 2.05) is 0 Å². The molecule has 4 radical (unpaired) electrons. The van der Waals surface area contributed by atoms with Crippen molar-refractivity contribution in [2.45, 2.75) is 25.7 Å². The number of ether oxygens (including phenoxy) is 1. The Balaban J connectivity index is 1.39. The lowest BCUT2D eigenvalue weighted by atomic mass is 9.84. The van der Waals surface area contributed by atoms with Crippen LogP contribution in [0.25, 0.3) is 71.6 Å². The number of hydrogen-bond acceptors (Lipinski definition) is 25. The molecular formula is C55H38B2N2O23S. The quantitative estimate of drug-likeness (QED) is 0.0363. The topological polar surface area (TPSA) is 462 Å². The van der Waals surface area contributed by atoms with Crippen LogP contribution in [0.2, 0.25) is 0 Å². The number of fused-ring (bicyclic) bond motifs is 7. The molecule has 0 atom stereocenters. The molecule has 0 saturated carbocycles. The van der Waals surface area contributed by atoms with Crippen molar-refractivity contribution >= 4 is 88.9 Å². The normalized spacial score (nSPS) is 12.1. The fraction of sp³-hybridized carbons (Fsp3) is 0.0545. The predicted molar refractivity (Wildman–Crippen MR) is 298 cm³/mol. The van der Waals surface area contributed by atoms with Crippen molar-refractivity contribution in [3.8, 4) is 177 Å². The summed E-state index contributed by atoms with van der Waals surface area (Å²) in [6.07, 6.45) is 0. The number of rotatable bonds is 5. The molecule has 0 aliphatic carbocycles. The van der Waals surface area contributed by atoms with Crippen LogP contribution in [-0.4, -0.2) is 133 Å². The number of hydrogen-bond donors (Lipinski definition) is 23. The molecule has 11 rings (SSSR count). The number of thiol groups is 1. The molecule has 83 heavy (non-hydrogen) atoms. The number of aromatic nitrogens is 1. The van der Waals surface area contributed by atoms with Crippen LogP contribution >= 0.6 is 12.6 Å². The van der Waals surface area contributed by atoms with E-state index in [4.69, 9.17) is 20.4 Å². The Labute approximate surface area is 469 Å². The summed E-state index contributed by atoms with van der Waals surface area (Å²) >= 11 is 4.45. The number of phenols is 22. The summed E-state index contributed by atoms with van der Waals surface area (Å²) < 4.78 is 7.36. The standard InChI is InChI=1S/C55H38B2N2O23S/c1-10-4-18(39(67)49(77)35(10)63)59-32-24-12(3)30(56)55(83)37(65)16(24)5-14(13-6-22(62)40(68)36(64)11(13)2)25(32)28-33(59)48(76)34-54(46(28)74)82-23-7-15(26-42(70)51(79)53(81)52(80)43(26)71)20(60)8-17(23)58(34)19-9-21(61)27(44(72)38(19)66)29-41(69)31(57)47(75)50(78)45(29)73/h4-9,60-81,83H,1-3H3. The minimum Gasteiger partial charge on any atom is -0.508 e. The summed E-state index contributed by atoms with van der Waals surface area (Å²) in [6, 6.07) is 5.40. The summed E-state index contributed by atoms with van der Waals surface area (Å²) in [5.74, 6) is -27.8. The lowest BCUT2D eigenvalue weighted by Crippen LogP contribution is -2.17. The SMILES string of the molecule is [B]c1c(O)c(O)c(O)c(-c2c(O)cc(N3c4cc(O)c(-c5c(O)c(O)c(O)c(O)c5O)cc4Oc4c3c(O)c3c(c4O)c4c(-c5cc(O)c(O)c(O)c5C)cc5c(O)c(S)c([B])c(C)c5c4n3-c3cc(C)c(O)c(O)c3O)c(O)c2O)c1O. The first-order valence-corrected chi connectivity index (χ1v) is 24.1. The van der Waals surface area contributed by atoms with E-state index in [2.05, 4.69) is 12.6 Å². The van der Waals surface area contributed by atoms with Crippen molar-refractivity contribution in [2.24, 2.45) is 0 Å². The second-order valence-electron chi connectivity index (χ2n) is 19.3. The molecule has 1 aromatic heterocycles. The van der Waals surface area contributed by atoms with E-state index in [1.54, 1.807) is 0 Å². The molecule has 0 bridgehead atoms. The Morgan fingerprint density at radius 3 is 1.57 bits per heavy atom. The van der Waals surface area contributed by atoms with Gasteiger partial charge >= 0.3 is 0 Å². The third-order valence-electron chi connectivity index (χ3n) is 14.9. The monoisotopic (exact) mass is 1150 g/mol. The van der Waals surface area contributed by atoms with Crippen LogP contribution in [0.4, 0.5) is 17.1 Å². The van der Waals surface area contributed by atoms with E-state index in [0.717, 1.165) is 22.8 Å². The molecule has 9 aromatic carbocycles. The average molecular weight is 1150 g/mol. The average Bonchev–Trinajstić information content (AvgIpc) is 1.61. The van der Waals surface area contributed by atoms with Crippen molar-refractivity contribution in [2.75, 3.05) is 4.90 Å². The van der Waals surface area contributed by atoms with Gasteiger partial charge in [-0.3, -0.25) is 4.90 Å². The van der Waals surface area contributed by atoms with Gasteiger partial charge in [0.05, 0.1) is 44.7 Å². The fourth-order valence-electron chi connectivity index (χ4n) is 10.7. The molecule has 25 nitrogen and oxygen atoms in total. The Kier molecular flexibility index (Phi) is 11.4. The molecule has 0 amide bonds. The zero-order valence-corrected chi connectivity index (χ0v) is 43.1. The minimum atomic E-state index is -1.49. The summed E-state index contributed by atoms with van der Waals surface area (Å²) in [6.45, 7) is 4.04. The third kappa shape index (κ3) is 6.86. The second kappa shape index (κ2) is 17.6. The first kappa shape index (κ1) is 53.7. The van der Waals surface area contributed by atoms with Crippen LogP contribution in [0.5, 0.6) is 138 Å². The van der Waals surface area contributed by atoms with Gasteiger partial charge in [0.1, 0.15) is 49.9 Å². The molecule has 418 valence electrons. The molecule has 28 heteroatoms. The first-order chi connectivity index (χ1) is 38.9. The number of aromatic hydroxyl groups is 22. The van der Waals surface area contributed by atoms with Gasteiger partial charge in [-0.2, -0.15) is 0 Å². The molecule has 0 spiro atoms. The van der Waals surface area contributed by atoms with E-state index in [9.17, 15) is 112 Å². The molecule has 2 heterocycles. The fourth-order valence-corrected chi connectivity index (χ4v) is 11.0. The van der Waals surface area contributed by atoms with Gasteiger partial charge in [-0.15, -0.1) is 12.6 Å². The van der Waals surface area contributed by atoms with Crippen molar-refractivity contribution in [1.29, 1.82) is 0 Å². The van der Waals surface area contributed by atoms with Gasteiger partial charge in [-0.25, -0.2) is 0 Å². The van der Waals surface area contributed by atoms with E-state index in [-0.39, 0.29) is 59.9 Å². The number of aryl methyl sites for hydroxylation is 2. The van der Waals surface area contributed by atoms with Gasteiger partial charge in [0.25, 0.3) is 0 Å². The zero-order valence-electron chi connectivity index (χ0n) is 42.2. The van der Waals surface area contributed by atoms with Gasteiger partial charge in [0.2, 0.25) is 34.5 Å². The van der Waals surface area contributed by atoms with Gasteiger partial charge in [-0.1, -0.05) is 5.46 Å². The predicted octanol–water partition coefficient (Wildman–Crippen LogP) is 6.84. The van der Waals surface area contributed by atoms with Gasteiger partial charge in [-0.05, 0) is 72.8 Å². The minimum absolute atomic E-state index is 0.0786. The first-order valence-electron chi connectivity index (χ1n) is 23.7. The molecule has 22 N–H and O–H groups in total. The maximum atomic E-state index is 13.4. The zero-order chi connectivity index (χ0) is 60.7. The molecular weight excluding hydrogens is 1110 g/mol. The highest BCUT2D eigenvalue weighted by molar-refractivity contribution is 7.80. The Morgan fingerprint density at radius 2 is 0.928 bits per heavy atom. The largest absolute Gasteiger partial charge is 0.508 e. The highest BCUT2D eigenvalue weighted by Crippen LogP contribution is 2.68. The van der Waals surface area contributed by atoms with Crippen molar-refractivity contribution in [3.63, 3.8) is 0 Å². The summed E-state index contributed by atoms with van der Waals surface area (Å²) in [4.78, 5) is 0.483. The maximum Gasteiger partial charge on any atom is 0.208 e. The summed E-state index contributed by atoms with van der Waals surface area (Å²) in [5.41, 5.74) is -9.63. The highest BCUT2D eigenvalue weighted by atomic mass is 32.1. The van der Waals surface area contributed by atoms with Crippen LogP contribution in [0, 0.1) is 20.8 Å².